The van der Waals surface area contributed by atoms with Crippen molar-refractivity contribution in [2.75, 3.05) is 19.7 Å². The highest BCUT2D eigenvalue weighted by molar-refractivity contribution is 7.86. The summed E-state index contributed by atoms with van der Waals surface area (Å²) in [5, 5.41) is 2.97. The quantitative estimate of drug-likeness (QED) is 0.428. The summed E-state index contributed by atoms with van der Waals surface area (Å²) in [5.41, 5.74) is 2.53. The smallest absolute Gasteiger partial charge is 0.296 e. The number of nitrogens with zero attached hydrogens (tertiary/aromatic N) is 1. The average molecular weight is 511 g/mol. The topological polar surface area (TPSA) is 75.7 Å². The van der Waals surface area contributed by atoms with Crippen LogP contribution in [0.15, 0.2) is 83.8 Å². The standard InChI is InChI=1S/C28H31FN2O4S/c1-21-7-15-27(16-8-21)36(33,34)35-20-23-9-14-26(31(19-23)18-22-5-3-2-4-6-22)17-30-28(32)24-10-12-25(29)13-11-24/h2-8,10-13,15-16,23,26H,9,14,17-20H2,1H3,(H,30,32)/t23-,26-/m1/s1. The zero-order chi connectivity index (χ0) is 25.5. The van der Waals surface area contributed by atoms with Gasteiger partial charge in [0.1, 0.15) is 5.82 Å². The molecule has 6 nitrogen and oxygen atoms in total. The van der Waals surface area contributed by atoms with Crippen LogP contribution >= 0.6 is 0 Å². The van der Waals surface area contributed by atoms with Crippen LogP contribution in [0.2, 0.25) is 0 Å². The summed E-state index contributed by atoms with van der Waals surface area (Å²) in [6.07, 6.45) is 1.57. The molecule has 190 valence electrons. The number of carbonyl (C=O) groups excluding carboxylic acids is 1. The Kier molecular flexibility index (Phi) is 8.51. The van der Waals surface area contributed by atoms with Gasteiger partial charge in [-0.15, -0.1) is 0 Å². The zero-order valence-electron chi connectivity index (χ0n) is 20.3. The largest absolute Gasteiger partial charge is 0.350 e. The molecular formula is C28H31FN2O4S. The second-order valence-corrected chi connectivity index (χ2v) is 10.9. The lowest BCUT2D eigenvalue weighted by molar-refractivity contribution is 0.0711. The molecule has 1 aliphatic heterocycles. The SMILES string of the molecule is Cc1ccc(S(=O)(=O)OC[C@@H]2CC[C@H](CNC(=O)c3ccc(F)cc3)N(Cc3ccccc3)C2)cc1. The fraction of sp³-hybridized carbons (Fsp3) is 0.321. The van der Waals surface area contributed by atoms with Crippen molar-refractivity contribution in [1.29, 1.82) is 0 Å². The molecule has 36 heavy (non-hydrogen) atoms. The van der Waals surface area contributed by atoms with E-state index in [1.807, 2.05) is 25.1 Å². The molecule has 1 saturated heterocycles. The van der Waals surface area contributed by atoms with Gasteiger partial charge in [0.05, 0.1) is 11.5 Å². The molecule has 0 saturated carbocycles. The Labute approximate surface area is 212 Å². The summed E-state index contributed by atoms with van der Waals surface area (Å²) in [7, 11) is -3.82. The number of amides is 1. The van der Waals surface area contributed by atoms with Gasteiger partial charge in [0.2, 0.25) is 0 Å². The van der Waals surface area contributed by atoms with Crippen LogP contribution in [0, 0.1) is 18.7 Å². The molecule has 8 heteroatoms. The van der Waals surface area contributed by atoms with E-state index in [4.69, 9.17) is 4.18 Å². The van der Waals surface area contributed by atoms with Crippen LogP contribution in [0.3, 0.4) is 0 Å². The minimum Gasteiger partial charge on any atom is -0.350 e. The second kappa shape index (κ2) is 11.8. The predicted octanol–water partition coefficient (Wildman–Crippen LogP) is 4.55. The van der Waals surface area contributed by atoms with E-state index in [1.54, 1.807) is 24.3 Å². The first kappa shape index (κ1) is 26.0. The lowest BCUT2D eigenvalue weighted by Gasteiger charge is -2.39. The minimum atomic E-state index is -3.82. The van der Waals surface area contributed by atoms with E-state index < -0.39 is 10.1 Å². The maximum atomic E-state index is 13.2. The number of rotatable bonds is 9. The van der Waals surface area contributed by atoms with Crippen LogP contribution in [-0.4, -0.2) is 45.0 Å². The number of halogens is 1. The monoisotopic (exact) mass is 510 g/mol. The molecule has 0 spiro atoms. The molecule has 0 unspecified atom stereocenters. The van der Waals surface area contributed by atoms with Crippen molar-refractivity contribution in [3.05, 3.63) is 101 Å². The average Bonchev–Trinajstić information content (AvgIpc) is 2.88. The van der Waals surface area contributed by atoms with Crippen LogP contribution in [0.4, 0.5) is 4.39 Å². The van der Waals surface area contributed by atoms with Gasteiger partial charge in [0.15, 0.2) is 0 Å². The van der Waals surface area contributed by atoms with Crippen molar-refractivity contribution in [2.24, 2.45) is 5.92 Å². The number of nitrogens with one attached hydrogen (secondary N) is 1. The molecule has 0 radical (unpaired) electrons. The van der Waals surface area contributed by atoms with E-state index in [1.165, 1.54) is 24.3 Å². The van der Waals surface area contributed by atoms with Crippen LogP contribution in [0.1, 0.15) is 34.3 Å². The lowest BCUT2D eigenvalue weighted by Crippen LogP contribution is -2.49. The fourth-order valence-corrected chi connectivity index (χ4v) is 5.41. The molecule has 0 aliphatic carbocycles. The van der Waals surface area contributed by atoms with Crippen molar-refractivity contribution >= 4 is 16.0 Å². The molecule has 3 aromatic carbocycles. The van der Waals surface area contributed by atoms with E-state index >= 15 is 0 Å². The van der Waals surface area contributed by atoms with E-state index in [0.717, 1.165) is 24.0 Å². The first-order valence-electron chi connectivity index (χ1n) is 12.1. The summed E-state index contributed by atoms with van der Waals surface area (Å²) < 4.78 is 43.9. The molecule has 4 rings (SSSR count). The van der Waals surface area contributed by atoms with Gasteiger partial charge in [-0.3, -0.25) is 13.9 Å². The first-order chi connectivity index (χ1) is 17.3. The third-order valence-electron chi connectivity index (χ3n) is 6.52. The van der Waals surface area contributed by atoms with Crippen molar-refractivity contribution < 1.29 is 21.8 Å². The van der Waals surface area contributed by atoms with Crippen LogP contribution < -0.4 is 5.32 Å². The van der Waals surface area contributed by atoms with Gasteiger partial charge in [-0.1, -0.05) is 48.0 Å². The number of carbonyl (C=O) groups is 1. The van der Waals surface area contributed by atoms with Gasteiger partial charge < -0.3 is 5.32 Å². The van der Waals surface area contributed by atoms with Crippen LogP contribution in [0.5, 0.6) is 0 Å². The Bertz CT molecular complexity index is 1250. The van der Waals surface area contributed by atoms with Crippen molar-refractivity contribution in [3.8, 4) is 0 Å². The third kappa shape index (κ3) is 7.00. The van der Waals surface area contributed by atoms with Gasteiger partial charge in [-0.05, 0) is 67.6 Å². The summed E-state index contributed by atoms with van der Waals surface area (Å²) in [6, 6.07) is 22.2. The van der Waals surface area contributed by atoms with Crippen LogP contribution in [-0.2, 0) is 20.8 Å². The molecule has 1 aliphatic rings. The zero-order valence-corrected chi connectivity index (χ0v) is 21.1. The molecule has 0 bridgehead atoms. The summed E-state index contributed by atoms with van der Waals surface area (Å²) >= 11 is 0. The number of benzene rings is 3. The third-order valence-corrected chi connectivity index (χ3v) is 7.81. The fourth-order valence-electron chi connectivity index (χ4n) is 4.43. The maximum absolute atomic E-state index is 13.2. The van der Waals surface area contributed by atoms with Gasteiger partial charge >= 0.3 is 0 Å². The molecule has 1 N–H and O–H groups in total. The lowest BCUT2D eigenvalue weighted by atomic mass is 9.92. The van der Waals surface area contributed by atoms with Crippen molar-refractivity contribution in [2.45, 2.75) is 37.2 Å². The molecule has 1 heterocycles. The van der Waals surface area contributed by atoms with Gasteiger partial charge in [0.25, 0.3) is 16.0 Å². The summed E-state index contributed by atoms with van der Waals surface area (Å²) in [5.74, 6) is -0.590. The molecule has 1 amide bonds. The summed E-state index contributed by atoms with van der Waals surface area (Å²) in [6.45, 7) is 3.78. The van der Waals surface area contributed by atoms with Crippen LogP contribution in [0.25, 0.3) is 0 Å². The highest BCUT2D eigenvalue weighted by Crippen LogP contribution is 2.25. The minimum absolute atomic E-state index is 0.0398. The predicted molar refractivity (Wildman–Crippen MR) is 136 cm³/mol. The Hall–Kier alpha value is -3.07. The highest BCUT2D eigenvalue weighted by atomic mass is 32.2. The van der Waals surface area contributed by atoms with E-state index in [9.17, 15) is 17.6 Å². The molecule has 3 aromatic rings. The summed E-state index contributed by atoms with van der Waals surface area (Å²) in [4.78, 5) is 15.0. The van der Waals surface area contributed by atoms with Crippen molar-refractivity contribution in [1.82, 2.24) is 10.2 Å². The maximum Gasteiger partial charge on any atom is 0.296 e. The Morgan fingerprint density at radius 2 is 1.69 bits per heavy atom. The number of likely N-dealkylation sites (tertiary alicyclic amines) is 1. The van der Waals surface area contributed by atoms with E-state index in [0.29, 0.717) is 25.2 Å². The Morgan fingerprint density at radius 1 is 1.00 bits per heavy atom. The normalized spacial score (nSPS) is 18.6. The number of aryl methyl sites for hydroxylation is 1. The van der Waals surface area contributed by atoms with Gasteiger partial charge in [0, 0.05) is 31.2 Å². The van der Waals surface area contributed by atoms with Gasteiger partial charge in [-0.2, -0.15) is 8.42 Å². The molecular weight excluding hydrogens is 479 g/mol. The van der Waals surface area contributed by atoms with E-state index in [-0.39, 0.29) is 35.2 Å². The number of hydrogen-bond donors (Lipinski definition) is 1. The van der Waals surface area contributed by atoms with Crippen molar-refractivity contribution in [3.63, 3.8) is 0 Å². The molecule has 0 aromatic heterocycles. The second-order valence-electron chi connectivity index (χ2n) is 9.28. The first-order valence-corrected chi connectivity index (χ1v) is 13.5. The number of piperidine rings is 1. The Morgan fingerprint density at radius 3 is 2.39 bits per heavy atom. The highest BCUT2D eigenvalue weighted by Gasteiger charge is 2.30. The molecule has 2 atom stereocenters. The van der Waals surface area contributed by atoms with Gasteiger partial charge in [-0.25, -0.2) is 4.39 Å². The molecule has 1 fully saturated rings. The number of hydrogen-bond acceptors (Lipinski definition) is 5. The van der Waals surface area contributed by atoms with E-state index in [2.05, 4.69) is 22.3 Å². The Balaban J connectivity index is 1.39.